The van der Waals surface area contributed by atoms with E-state index >= 15 is 0 Å². The molecule has 5 nitrogen and oxygen atoms in total. The number of carbonyl (C=O) groups excluding carboxylic acids is 1. The summed E-state index contributed by atoms with van der Waals surface area (Å²) in [5.74, 6) is 0.681. The van der Waals surface area contributed by atoms with Crippen LogP contribution in [-0.4, -0.2) is 43.2 Å². The Kier molecular flexibility index (Phi) is 7.46. The number of rotatable bonds is 8. The largest absolute Gasteiger partial charge is 0.480 e. The molecule has 1 fully saturated rings. The highest BCUT2D eigenvalue weighted by Crippen LogP contribution is 2.19. The lowest BCUT2D eigenvalue weighted by Crippen LogP contribution is -2.37. The number of nitrogens with one attached hydrogen (secondary N) is 1. The Morgan fingerprint density at radius 3 is 2.46 bits per heavy atom. The predicted molar refractivity (Wildman–Crippen MR) is 110 cm³/mol. The van der Waals surface area contributed by atoms with Crippen molar-refractivity contribution in [3.63, 3.8) is 0 Å². The van der Waals surface area contributed by atoms with Gasteiger partial charge in [0.1, 0.15) is 5.75 Å². The fraction of sp³-hybridized carbons (Fsp3) is 0.435. The average molecular weight is 383 g/mol. The van der Waals surface area contributed by atoms with Crippen LogP contribution in [-0.2, 0) is 22.6 Å². The van der Waals surface area contributed by atoms with Gasteiger partial charge < -0.3 is 14.8 Å². The highest BCUT2D eigenvalue weighted by molar-refractivity contribution is 5.81. The molecule has 3 rings (SSSR count). The molecule has 1 amide bonds. The summed E-state index contributed by atoms with van der Waals surface area (Å²) in [6, 6.07) is 16.2. The standard InChI is InChI=1S/C23H30N2O3/c1-3-21(28-22-7-5-4-6-18(22)2)23(26)24-16-19-8-10-20(11-9-19)17-25-12-14-27-15-13-25/h4-11,21H,3,12-17H2,1-2H3,(H,24,26)/t21-/m1/s1. The maximum absolute atomic E-state index is 12.5. The molecule has 28 heavy (non-hydrogen) atoms. The zero-order valence-electron chi connectivity index (χ0n) is 16.8. The Balaban J connectivity index is 1.49. The molecule has 0 aromatic heterocycles. The number of nitrogens with zero attached hydrogens (tertiary/aromatic N) is 1. The molecule has 0 aliphatic carbocycles. The van der Waals surface area contributed by atoms with Crippen LogP contribution in [0.1, 0.15) is 30.0 Å². The minimum Gasteiger partial charge on any atom is -0.480 e. The van der Waals surface area contributed by atoms with Crippen molar-refractivity contribution in [1.82, 2.24) is 10.2 Å². The first-order valence-electron chi connectivity index (χ1n) is 10.0. The Hall–Kier alpha value is -2.37. The van der Waals surface area contributed by atoms with E-state index in [9.17, 15) is 4.79 Å². The van der Waals surface area contributed by atoms with Gasteiger partial charge in [-0.2, -0.15) is 0 Å². The monoisotopic (exact) mass is 382 g/mol. The summed E-state index contributed by atoms with van der Waals surface area (Å²) >= 11 is 0. The molecular formula is C23H30N2O3. The van der Waals surface area contributed by atoms with Crippen molar-refractivity contribution in [2.45, 2.75) is 39.5 Å². The van der Waals surface area contributed by atoms with Gasteiger partial charge >= 0.3 is 0 Å². The van der Waals surface area contributed by atoms with Crippen molar-refractivity contribution < 1.29 is 14.3 Å². The number of aryl methyl sites for hydroxylation is 1. The number of ether oxygens (including phenoxy) is 2. The number of hydrogen-bond donors (Lipinski definition) is 1. The maximum Gasteiger partial charge on any atom is 0.261 e. The van der Waals surface area contributed by atoms with Crippen molar-refractivity contribution in [3.8, 4) is 5.75 Å². The predicted octanol–water partition coefficient (Wildman–Crippen LogP) is 3.30. The first kappa shape index (κ1) is 20.4. The lowest BCUT2D eigenvalue weighted by Gasteiger charge is -2.26. The van der Waals surface area contributed by atoms with Crippen LogP contribution >= 0.6 is 0 Å². The molecule has 1 atom stereocenters. The normalized spacial score (nSPS) is 15.8. The van der Waals surface area contributed by atoms with Gasteiger partial charge in [-0.05, 0) is 36.1 Å². The third-order valence-corrected chi connectivity index (χ3v) is 5.03. The molecule has 5 heteroatoms. The topological polar surface area (TPSA) is 50.8 Å². The van der Waals surface area contributed by atoms with Crippen LogP contribution in [0.2, 0.25) is 0 Å². The van der Waals surface area contributed by atoms with E-state index in [4.69, 9.17) is 9.47 Å². The number of para-hydroxylation sites is 1. The third kappa shape index (κ3) is 5.81. The molecule has 0 saturated carbocycles. The summed E-state index contributed by atoms with van der Waals surface area (Å²) < 4.78 is 11.3. The molecule has 2 aromatic carbocycles. The smallest absolute Gasteiger partial charge is 0.261 e. The SMILES string of the molecule is CC[C@@H](Oc1ccccc1C)C(=O)NCc1ccc(CN2CCOCC2)cc1. The van der Waals surface area contributed by atoms with Crippen molar-refractivity contribution in [1.29, 1.82) is 0 Å². The van der Waals surface area contributed by atoms with Gasteiger partial charge in [0.15, 0.2) is 6.10 Å². The van der Waals surface area contributed by atoms with Gasteiger partial charge in [-0.15, -0.1) is 0 Å². The minimum absolute atomic E-state index is 0.0804. The van der Waals surface area contributed by atoms with Gasteiger partial charge in [-0.3, -0.25) is 9.69 Å². The van der Waals surface area contributed by atoms with Crippen molar-refractivity contribution in [3.05, 3.63) is 65.2 Å². The second-order valence-corrected chi connectivity index (χ2v) is 7.20. The molecule has 0 radical (unpaired) electrons. The number of benzene rings is 2. The van der Waals surface area contributed by atoms with Gasteiger partial charge in [-0.25, -0.2) is 0 Å². The van der Waals surface area contributed by atoms with E-state index in [-0.39, 0.29) is 5.91 Å². The lowest BCUT2D eigenvalue weighted by atomic mass is 10.1. The quantitative estimate of drug-likeness (QED) is 0.761. The third-order valence-electron chi connectivity index (χ3n) is 5.03. The van der Waals surface area contributed by atoms with Crippen LogP contribution < -0.4 is 10.1 Å². The first-order chi connectivity index (χ1) is 13.7. The Morgan fingerprint density at radius 2 is 1.79 bits per heavy atom. The average Bonchev–Trinajstić information content (AvgIpc) is 2.73. The summed E-state index contributed by atoms with van der Waals surface area (Å²) in [4.78, 5) is 14.9. The van der Waals surface area contributed by atoms with Crippen LogP contribution in [0.3, 0.4) is 0 Å². The van der Waals surface area contributed by atoms with E-state index in [0.717, 1.165) is 49.7 Å². The second-order valence-electron chi connectivity index (χ2n) is 7.20. The first-order valence-corrected chi connectivity index (χ1v) is 10.0. The molecule has 0 bridgehead atoms. The van der Waals surface area contributed by atoms with Crippen molar-refractivity contribution >= 4 is 5.91 Å². The molecule has 1 aliphatic rings. The number of amides is 1. The minimum atomic E-state index is -0.485. The highest BCUT2D eigenvalue weighted by Gasteiger charge is 2.18. The Bertz CT molecular complexity index is 755. The van der Waals surface area contributed by atoms with Gasteiger partial charge in [0.2, 0.25) is 0 Å². The molecule has 1 N–H and O–H groups in total. The van der Waals surface area contributed by atoms with Crippen LogP contribution in [0, 0.1) is 6.92 Å². The molecule has 0 unspecified atom stereocenters. The van der Waals surface area contributed by atoms with E-state index in [1.807, 2.05) is 38.1 Å². The van der Waals surface area contributed by atoms with E-state index in [1.165, 1.54) is 5.56 Å². The van der Waals surface area contributed by atoms with Gasteiger partial charge in [0.25, 0.3) is 5.91 Å². The van der Waals surface area contributed by atoms with Gasteiger partial charge in [-0.1, -0.05) is 49.4 Å². The van der Waals surface area contributed by atoms with Crippen molar-refractivity contribution in [2.24, 2.45) is 0 Å². The van der Waals surface area contributed by atoms with E-state index in [2.05, 4.69) is 34.5 Å². The van der Waals surface area contributed by atoms with Crippen LogP contribution in [0.5, 0.6) is 5.75 Å². The fourth-order valence-corrected chi connectivity index (χ4v) is 3.25. The number of carbonyl (C=O) groups is 1. The maximum atomic E-state index is 12.5. The van der Waals surface area contributed by atoms with E-state index in [1.54, 1.807) is 0 Å². The number of hydrogen-bond acceptors (Lipinski definition) is 4. The van der Waals surface area contributed by atoms with Crippen LogP contribution in [0.15, 0.2) is 48.5 Å². The van der Waals surface area contributed by atoms with Crippen LogP contribution in [0.4, 0.5) is 0 Å². The summed E-state index contributed by atoms with van der Waals surface area (Å²) in [5.41, 5.74) is 3.40. The molecular weight excluding hydrogens is 352 g/mol. The molecule has 1 saturated heterocycles. The summed E-state index contributed by atoms with van der Waals surface area (Å²) in [6.07, 6.45) is 0.139. The van der Waals surface area contributed by atoms with E-state index in [0.29, 0.717) is 13.0 Å². The number of morpholine rings is 1. The van der Waals surface area contributed by atoms with Crippen molar-refractivity contribution in [2.75, 3.05) is 26.3 Å². The zero-order chi connectivity index (χ0) is 19.8. The second kappa shape index (κ2) is 10.2. The van der Waals surface area contributed by atoms with Gasteiger partial charge in [0.05, 0.1) is 13.2 Å². The van der Waals surface area contributed by atoms with E-state index < -0.39 is 6.10 Å². The summed E-state index contributed by atoms with van der Waals surface area (Å²) in [6.45, 7) is 8.98. The molecule has 2 aromatic rings. The highest BCUT2D eigenvalue weighted by atomic mass is 16.5. The molecule has 0 spiro atoms. The molecule has 1 aliphatic heterocycles. The summed E-state index contributed by atoms with van der Waals surface area (Å²) in [5, 5.41) is 3.00. The molecule has 150 valence electrons. The fourth-order valence-electron chi connectivity index (χ4n) is 3.25. The Labute approximate surface area is 167 Å². The van der Waals surface area contributed by atoms with Gasteiger partial charge in [0, 0.05) is 26.2 Å². The lowest BCUT2D eigenvalue weighted by molar-refractivity contribution is -0.128. The zero-order valence-corrected chi connectivity index (χ0v) is 16.8. The summed E-state index contributed by atoms with van der Waals surface area (Å²) in [7, 11) is 0. The molecule has 1 heterocycles. The Morgan fingerprint density at radius 1 is 1.11 bits per heavy atom. The van der Waals surface area contributed by atoms with Crippen LogP contribution in [0.25, 0.3) is 0 Å².